The minimum absolute atomic E-state index is 0.121. The van der Waals surface area contributed by atoms with Crippen molar-refractivity contribution in [3.05, 3.63) is 35.9 Å². The molecular formula is C15H20ClNO. The molecule has 0 radical (unpaired) electrons. The van der Waals surface area contributed by atoms with Crippen molar-refractivity contribution in [2.24, 2.45) is 5.92 Å². The highest BCUT2D eigenvalue weighted by Crippen LogP contribution is 2.48. The summed E-state index contributed by atoms with van der Waals surface area (Å²) in [6.45, 7) is 4.08. The van der Waals surface area contributed by atoms with Gasteiger partial charge < -0.3 is 5.32 Å². The molecule has 1 aliphatic carbocycles. The number of hydrogen-bond donors (Lipinski definition) is 1. The summed E-state index contributed by atoms with van der Waals surface area (Å²) in [6, 6.07) is 10.2. The van der Waals surface area contributed by atoms with E-state index in [4.69, 9.17) is 11.6 Å². The van der Waals surface area contributed by atoms with Gasteiger partial charge in [0.1, 0.15) is 0 Å². The van der Waals surface area contributed by atoms with Crippen LogP contribution in [0.2, 0.25) is 0 Å². The van der Waals surface area contributed by atoms with E-state index in [1.807, 2.05) is 37.3 Å². The van der Waals surface area contributed by atoms with Crippen molar-refractivity contribution in [1.82, 2.24) is 5.32 Å². The molecule has 1 aromatic rings. The van der Waals surface area contributed by atoms with E-state index in [2.05, 4.69) is 12.2 Å². The third-order valence-electron chi connectivity index (χ3n) is 3.97. The fraction of sp³-hybridized carbons (Fsp3) is 0.533. The predicted octanol–water partition coefficient (Wildman–Crippen LogP) is 3.10. The van der Waals surface area contributed by atoms with Gasteiger partial charge in [-0.1, -0.05) is 37.3 Å². The van der Waals surface area contributed by atoms with Gasteiger partial charge in [-0.2, -0.15) is 0 Å². The van der Waals surface area contributed by atoms with Crippen molar-refractivity contribution in [2.45, 2.75) is 38.1 Å². The second-order valence-electron chi connectivity index (χ2n) is 5.34. The highest BCUT2D eigenvalue weighted by Gasteiger charge is 2.51. The number of benzene rings is 1. The Kier molecular flexibility index (Phi) is 3.96. The highest BCUT2D eigenvalue weighted by atomic mass is 35.5. The molecule has 2 rings (SSSR count). The molecule has 1 aromatic carbocycles. The molecule has 1 aliphatic rings. The molecule has 18 heavy (non-hydrogen) atoms. The Morgan fingerprint density at radius 3 is 2.44 bits per heavy atom. The fourth-order valence-electron chi connectivity index (χ4n) is 2.15. The minimum atomic E-state index is -0.276. The first-order valence-electron chi connectivity index (χ1n) is 6.52. The standard InChI is InChI=1S/C15H20ClNO/c1-11(10-16)12(2)17-14(18)15(8-9-15)13-6-4-3-5-7-13/h3-7,11-12H,8-10H2,1-2H3,(H,17,18). The number of alkyl halides is 1. The van der Waals surface area contributed by atoms with Crippen molar-refractivity contribution in [3.8, 4) is 0 Å². The Morgan fingerprint density at radius 2 is 1.94 bits per heavy atom. The second-order valence-corrected chi connectivity index (χ2v) is 5.65. The van der Waals surface area contributed by atoms with E-state index in [1.165, 1.54) is 0 Å². The normalized spacial score (nSPS) is 19.9. The van der Waals surface area contributed by atoms with Gasteiger partial charge in [-0.3, -0.25) is 4.79 Å². The summed E-state index contributed by atoms with van der Waals surface area (Å²) in [5.41, 5.74) is 0.856. The number of carbonyl (C=O) groups excluding carboxylic acids is 1. The fourth-order valence-corrected chi connectivity index (χ4v) is 2.42. The van der Waals surface area contributed by atoms with E-state index < -0.39 is 0 Å². The first kappa shape index (κ1) is 13.4. The van der Waals surface area contributed by atoms with E-state index in [-0.39, 0.29) is 17.4 Å². The van der Waals surface area contributed by atoms with Crippen molar-refractivity contribution in [2.75, 3.05) is 5.88 Å². The zero-order valence-electron chi connectivity index (χ0n) is 10.9. The molecule has 2 unspecified atom stereocenters. The Hall–Kier alpha value is -1.02. The molecular weight excluding hydrogens is 246 g/mol. The van der Waals surface area contributed by atoms with Crippen molar-refractivity contribution >= 4 is 17.5 Å². The maximum Gasteiger partial charge on any atom is 0.230 e. The number of rotatable bonds is 5. The van der Waals surface area contributed by atoms with Crippen LogP contribution in [0.15, 0.2) is 30.3 Å². The zero-order chi connectivity index (χ0) is 13.2. The van der Waals surface area contributed by atoms with E-state index in [0.29, 0.717) is 11.8 Å². The molecule has 2 nitrogen and oxygen atoms in total. The van der Waals surface area contributed by atoms with Gasteiger partial charge in [-0.05, 0) is 31.2 Å². The van der Waals surface area contributed by atoms with E-state index in [9.17, 15) is 4.79 Å². The maximum atomic E-state index is 12.4. The molecule has 1 fully saturated rings. The summed E-state index contributed by atoms with van der Waals surface area (Å²) in [4.78, 5) is 12.4. The molecule has 98 valence electrons. The Bertz CT molecular complexity index is 414. The third-order valence-corrected chi connectivity index (χ3v) is 4.45. The van der Waals surface area contributed by atoms with Crippen LogP contribution in [0.25, 0.3) is 0 Å². The monoisotopic (exact) mass is 265 g/mol. The average molecular weight is 266 g/mol. The molecule has 0 aliphatic heterocycles. The quantitative estimate of drug-likeness (QED) is 0.815. The van der Waals surface area contributed by atoms with Gasteiger partial charge in [0, 0.05) is 11.9 Å². The van der Waals surface area contributed by atoms with Gasteiger partial charge in [-0.25, -0.2) is 0 Å². The first-order valence-corrected chi connectivity index (χ1v) is 7.06. The predicted molar refractivity (Wildman–Crippen MR) is 74.8 cm³/mol. The van der Waals surface area contributed by atoms with Gasteiger partial charge in [0.2, 0.25) is 5.91 Å². The number of hydrogen-bond acceptors (Lipinski definition) is 1. The largest absolute Gasteiger partial charge is 0.353 e. The molecule has 0 heterocycles. The molecule has 1 N–H and O–H groups in total. The molecule has 1 amide bonds. The Morgan fingerprint density at radius 1 is 1.33 bits per heavy atom. The van der Waals surface area contributed by atoms with Gasteiger partial charge in [0.15, 0.2) is 0 Å². The van der Waals surface area contributed by atoms with Crippen molar-refractivity contribution < 1.29 is 4.79 Å². The SMILES string of the molecule is CC(CCl)C(C)NC(=O)C1(c2ccccc2)CC1. The van der Waals surface area contributed by atoms with Crippen LogP contribution in [0.3, 0.4) is 0 Å². The lowest BCUT2D eigenvalue weighted by Crippen LogP contribution is -2.43. The van der Waals surface area contributed by atoms with E-state index in [0.717, 1.165) is 18.4 Å². The molecule has 0 saturated heterocycles. The van der Waals surface area contributed by atoms with Crippen LogP contribution in [-0.2, 0) is 10.2 Å². The average Bonchev–Trinajstić information content (AvgIpc) is 3.20. The molecule has 1 saturated carbocycles. The molecule has 0 spiro atoms. The van der Waals surface area contributed by atoms with Crippen LogP contribution in [0.4, 0.5) is 0 Å². The van der Waals surface area contributed by atoms with Crippen LogP contribution in [0, 0.1) is 5.92 Å². The second kappa shape index (κ2) is 5.31. The van der Waals surface area contributed by atoms with Gasteiger partial charge >= 0.3 is 0 Å². The summed E-state index contributed by atoms with van der Waals surface area (Å²) in [6.07, 6.45) is 1.90. The number of halogens is 1. The lowest BCUT2D eigenvalue weighted by atomic mass is 9.94. The lowest BCUT2D eigenvalue weighted by Gasteiger charge is -2.23. The summed E-state index contributed by atoms with van der Waals surface area (Å²) < 4.78 is 0. The number of nitrogens with one attached hydrogen (secondary N) is 1. The molecule has 3 heteroatoms. The summed E-state index contributed by atoms with van der Waals surface area (Å²) in [5.74, 6) is 1.01. The number of amides is 1. The molecule has 0 bridgehead atoms. The van der Waals surface area contributed by atoms with E-state index >= 15 is 0 Å². The van der Waals surface area contributed by atoms with Crippen molar-refractivity contribution in [1.29, 1.82) is 0 Å². The summed E-state index contributed by atoms with van der Waals surface area (Å²) in [7, 11) is 0. The van der Waals surface area contributed by atoms with Crippen LogP contribution >= 0.6 is 11.6 Å². The highest BCUT2D eigenvalue weighted by molar-refractivity contribution is 6.18. The van der Waals surface area contributed by atoms with Gasteiger partial charge in [0.05, 0.1) is 5.41 Å². The van der Waals surface area contributed by atoms with Crippen molar-refractivity contribution in [3.63, 3.8) is 0 Å². The van der Waals surface area contributed by atoms with Crippen LogP contribution < -0.4 is 5.32 Å². The first-order chi connectivity index (χ1) is 8.60. The summed E-state index contributed by atoms with van der Waals surface area (Å²) in [5, 5.41) is 3.11. The van der Waals surface area contributed by atoms with E-state index in [1.54, 1.807) is 0 Å². The topological polar surface area (TPSA) is 29.1 Å². The zero-order valence-corrected chi connectivity index (χ0v) is 11.7. The van der Waals surface area contributed by atoms with Gasteiger partial charge in [-0.15, -0.1) is 11.6 Å². The third kappa shape index (κ3) is 2.54. The Balaban J connectivity index is 2.06. The van der Waals surface area contributed by atoms with Crippen LogP contribution in [0.5, 0.6) is 0 Å². The molecule has 0 aromatic heterocycles. The lowest BCUT2D eigenvalue weighted by molar-refractivity contribution is -0.124. The van der Waals surface area contributed by atoms with Crippen LogP contribution in [0.1, 0.15) is 32.3 Å². The van der Waals surface area contributed by atoms with Gasteiger partial charge in [0.25, 0.3) is 0 Å². The Labute approximate surface area is 114 Å². The summed E-state index contributed by atoms with van der Waals surface area (Å²) >= 11 is 5.83. The minimum Gasteiger partial charge on any atom is -0.353 e. The smallest absolute Gasteiger partial charge is 0.230 e. The molecule has 2 atom stereocenters. The van der Waals surface area contributed by atoms with Crippen LogP contribution in [-0.4, -0.2) is 17.8 Å². The maximum absolute atomic E-state index is 12.4. The number of carbonyl (C=O) groups is 1.